The Morgan fingerprint density at radius 3 is 2.48 bits per heavy atom. The normalized spacial score (nSPS) is 16.1. The monoisotopic (exact) mass is 488 g/mol. The second-order valence-electron chi connectivity index (χ2n) is 6.97. The Kier molecular flexibility index (Phi) is 6.20. The fourth-order valence-electron chi connectivity index (χ4n) is 3.35. The van der Waals surface area contributed by atoms with E-state index in [9.17, 15) is 18.0 Å². The van der Waals surface area contributed by atoms with E-state index in [1.807, 2.05) is 0 Å². The van der Waals surface area contributed by atoms with E-state index in [-0.39, 0.29) is 22.4 Å². The zero-order chi connectivity index (χ0) is 23.6. The molecule has 33 heavy (non-hydrogen) atoms. The number of hydrogen-bond donors (Lipinski definition) is 2. The molecule has 1 aliphatic heterocycles. The summed E-state index contributed by atoms with van der Waals surface area (Å²) in [6.45, 7) is 0. The van der Waals surface area contributed by atoms with E-state index in [1.54, 1.807) is 23.6 Å². The number of imide groups is 1. The Morgan fingerprint density at radius 2 is 1.85 bits per heavy atom. The first-order valence-corrected chi connectivity index (χ1v) is 12.1. The third kappa shape index (κ3) is 4.61. The molecule has 4 rings (SSSR count). The molecule has 0 spiro atoms. The summed E-state index contributed by atoms with van der Waals surface area (Å²) in [5, 5.41) is 4.93. The molecule has 172 valence electrons. The van der Waals surface area contributed by atoms with Gasteiger partial charge in [0.2, 0.25) is 5.91 Å². The quantitative estimate of drug-likeness (QED) is 0.464. The van der Waals surface area contributed by atoms with Crippen LogP contribution in [0.15, 0.2) is 58.9 Å². The van der Waals surface area contributed by atoms with Gasteiger partial charge in [0.1, 0.15) is 17.5 Å². The maximum absolute atomic E-state index is 13.0. The number of aromatic nitrogens is 1. The number of thiazole rings is 1. The minimum atomic E-state index is -3.79. The van der Waals surface area contributed by atoms with Gasteiger partial charge in [-0.3, -0.25) is 14.3 Å². The third-order valence-electron chi connectivity index (χ3n) is 4.93. The second-order valence-corrected chi connectivity index (χ2v) is 9.55. The molecule has 3 aromatic rings. The van der Waals surface area contributed by atoms with Crippen LogP contribution in [0.4, 0.5) is 16.5 Å². The van der Waals surface area contributed by atoms with Crippen LogP contribution in [0.5, 0.6) is 11.5 Å². The predicted molar refractivity (Wildman–Crippen MR) is 123 cm³/mol. The molecule has 0 aliphatic carbocycles. The van der Waals surface area contributed by atoms with Crippen LogP contribution < -0.4 is 24.4 Å². The van der Waals surface area contributed by atoms with E-state index in [1.165, 1.54) is 56.0 Å². The molecule has 1 aromatic heterocycles. The van der Waals surface area contributed by atoms with Gasteiger partial charge in [0.05, 0.1) is 31.2 Å². The van der Waals surface area contributed by atoms with Gasteiger partial charge in [0.15, 0.2) is 5.13 Å². The number of carbonyl (C=O) groups is 2. The van der Waals surface area contributed by atoms with E-state index in [0.29, 0.717) is 22.9 Å². The molecular formula is C21H20N4O6S2. The summed E-state index contributed by atoms with van der Waals surface area (Å²) in [6, 6.07) is 9.89. The molecule has 0 unspecified atom stereocenters. The largest absolute Gasteiger partial charge is 0.497 e. The molecule has 1 atom stereocenters. The Labute approximate surface area is 194 Å². The topological polar surface area (TPSA) is 127 Å². The zero-order valence-electron chi connectivity index (χ0n) is 17.6. The highest BCUT2D eigenvalue weighted by Crippen LogP contribution is 2.35. The highest BCUT2D eigenvalue weighted by atomic mass is 32.2. The molecular weight excluding hydrogens is 468 g/mol. The Hall–Kier alpha value is -3.64. The Bertz CT molecular complexity index is 1280. The second kappa shape index (κ2) is 9.08. The van der Waals surface area contributed by atoms with E-state index in [0.717, 1.165) is 4.90 Å². The minimum Gasteiger partial charge on any atom is -0.497 e. The smallest absolute Gasteiger partial charge is 0.263 e. The maximum atomic E-state index is 13.0. The highest BCUT2D eigenvalue weighted by Gasteiger charge is 2.40. The lowest BCUT2D eigenvalue weighted by Crippen LogP contribution is -2.35. The molecule has 1 aliphatic rings. The fourth-order valence-corrected chi connectivity index (χ4v) is 5.14. The molecule has 2 amide bonds. The van der Waals surface area contributed by atoms with Crippen LogP contribution in [0, 0.1) is 0 Å². The first-order chi connectivity index (χ1) is 15.8. The number of nitrogens with one attached hydrogen (secondary N) is 2. The molecule has 0 radical (unpaired) electrons. The molecule has 2 heterocycles. The number of rotatable bonds is 8. The van der Waals surface area contributed by atoms with E-state index in [2.05, 4.69) is 15.0 Å². The first kappa shape index (κ1) is 22.6. The molecule has 1 fully saturated rings. The van der Waals surface area contributed by atoms with Gasteiger partial charge < -0.3 is 14.8 Å². The van der Waals surface area contributed by atoms with Crippen molar-refractivity contribution in [1.29, 1.82) is 0 Å². The van der Waals surface area contributed by atoms with Crippen LogP contribution in [-0.4, -0.2) is 45.5 Å². The van der Waals surface area contributed by atoms with Crippen molar-refractivity contribution in [3.63, 3.8) is 0 Å². The summed E-state index contributed by atoms with van der Waals surface area (Å²) < 4.78 is 37.8. The van der Waals surface area contributed by atoms with E-state index in [4.69, 9.17) is 9.47 Å². The average Bonchev–Trinajstić information content (AvgIpc) is 3.40. The SMILES string of the molecule is COc1ccc(N2C(=O)C[C@H](Nc3ccc(S(=O)(=O)Nc4nccs4)cc3)C2=O)c(OC)c1. The lowest BCUT2D eigenvalue weighted by molar-refractivity contribution is -0.121. The van der Waals surface area contributed by atoms with Crippen molar-refractivity contribution in [1.82, 2.24) is 4.98 Å². The average molecular weight is 489 g/mol. The molecule has 10 nitrogen and oxygen atoms in total. The van der Waals surface area contributed by atoms with Crippen molar-refractivity contribution >= 4 is 49.7 Å². The van der Waals surface area contributed by atoms with Crippen molar-refractivity contribution in [2.75, 3.05) is 29.2 Å². The third-order valence-corrected chi connectivity index (χ3v) is 7.11. The highest BCUT2D eigenvalue weighted by molar-refractivity contribution is 7.93. The Morgan fingerprint density at radius 1 is 1.09 bits per heavy atom. The van der Waals surface area contributed by atoms with Crippen molar-refractivity contribution in [2.24, 2.45) is 0 Å². The number of ether oxygens (including phenoxy) is 2. The lowest BCUT2D eigenvalue weighted by atomic mass is 10.2. The summed E-state index contributed by atoms with van der Waals surface area (Å²) in [7, 11) is -0.840. The molecule has 12 heteroatoms. The zero-order valence-corrected chi connectivity index (χ0v) is 19.3. The first-order valence-electron chi connectivity index (χ1n) is 9.70. The van der Waals surface area contributed by atoms with Gasteiger partial charge in [0, 0.05) is 23.3 Å². The maximum Gasteiger partial charge on any atom is 0.263 e. The number of sulfonamides is 1. The predicted octanol–water partition coefficient (Wildman–Crippen LogP) is 2.71. The van der Waals surface area contributed by atoms with Crippen LogP contribution in [0.1, 0.15) is 6.42 Å². The van der Waals surface area contributed by atoms with Gasteiger partial charge in [-0.1, -0.05) is 0 Å². The summed E-state index contributed by atoms with van der Waals surface area (Å²) in [5.41, 5.74) is 0.824. The van der Waals surface area contributed by atoms with Crippen molar-refractivity contribution in [2.45, 2.75) is 17.4 Å². The molecule has 0 saturated carbocycles. The fraction of sp³-hybridized carbons (Fsp3) is 0.190. The van der Waals surface area contributed by atoms with Crippen molar-refractivity contribution < 1.29 is 27.5 Å². The van der Waals surface area contributed by atoms with Gasteiger partial charge in [-0.25, -0.2) is 18.3 Å². The van der Waals surface area contributed by atoms with Crippen LogP contribution in [0.25, 0.3) is 0 Å². The number of hydrogen-bond acceptors (Lipinski definition) is 9. The Balaban J connectivity index is 1.49. The number of benzene rings is 2. The number of amides is 2. The standard InChI is InChI=1S/C21H20N4O6S2/c1-30-14-5-8-17(18(11-14)31-2)25-19(26)12-16(20(25)27)23-13-3-6-15(7-4-13)33(28,29)24-21-22-9-10-32-21/h3-11,16,23H,12H2,1-2H3,(H,22,24)/t16-/m0/s1. The number of nitrogens with zero attached hydrogens (tertiary/aromatic N) is 2. The van der Waals surface area contributed by atoms with Crippen LogP contribution >= 0.6 is 11.3 Å². The van der Waals surface area contributed by atoms with E-state index < -0.39 is 22.0 Å². The number of carbonyl (C=O) groups excluding carboxylic acids is 2. The molecule has 2 aromatic carbocycles. The molecule has 0 bridgehead atoms. The van der Waals surface area contributed by atoms with Crippen LogP contribution in [-0.2, 0) is 19.6 Å². The van der Waals surface area contributed by atoms with Gasteiger partial charge in [-0.2, -0.15) is 0 Å². The lowest BCUT2D eigenvalue weighted by Gasteiger charge is -2.19. The number of anilines is 3. The molecule has 2 N–H and O–H groups in total. The summed E-state index contributed by atoms with van der Waals surface area (Å²) in [6.07, 6.45) is 1.44. The minimum absolute atomic E-state index is 0.0432. The number of methoxy groups -OCH3 is 2. The summed E-state index contributed by atoms with van der Waals surface area (Å²) in [4.78, 5) is 30.7. The van der Waals surface area contributed by atoms with Gasteiger partial charge in [-0.15, -0.1) is 11.3 Å². The summed E-state index contributed by atoms with van der Waals surface area (Å²) >= 11 is 1.17. The van der Waals surface area contributed by atoms with Crippen LogP contribution in [0.2, 0.25) is 0 Å². The van der Waals surface area contributed by atoms with Crippen molar-refractivity contribution in [3.8, 4) is 11.5 Å². The van der Waals surface area contributed by atoms with Crippen molar-refractivity contribution in [3.05, 3.63) is 54.0 Å². The summed E-state index contributed by atoms with van der Waals surface area (Å²) in [5.74, 6) is 0.0427. The molecule has 1 saturated heterocycles. The van der Waals surface area contributed by atoms with Crippen LogP contribution in [0.3, 0.4) is 0 Å². The van der Waals surface area contributed by atoms with Gasteiger partial charge in [-0.05, 0) is 36.4 Å². The van der Waals surface area contributed by atoms with Gasteiger partial charge >= 0.3 is 0 Å². The van der Waals surface area contributed by atoms with E-state index >= 15 is 0 Å². The van der Waals surface area contributed by atoms with Gasteiger partial charge in [0.25, 0.3) is 15.9 Å².